The Labute approximate surface area is 306 Å². The summed E-state index contributed by atoms with van der Waals surface area (Å²) in [5.41, 5.74) is -0.000983. The van der Waals surface area contributed by atoms with Crippen molar-refractivity contribution in [1.29, 1.82) is 0 Å². The van der Waals surface area contributed by atoms with E-state index in [0.717, 1.165) is 10.8 Å². The number of benzene rings is 3. The number of nitrogens with one attached hydrogen (secondary N) is 1. The maximum Gasteiger partial charge on any atom is 0.313 e. The van der Waals surface area contributed by atoms with Crippen molar-refractivity contribution in [2.75, 3.05) is 24.6 Å². The molecule has 0 aromatic heterocycles. The van der Waals surface area contributed by atoms with Gasteiger partial charge in [-0.1, -0.05) is 88.7 Å². The molecule has 3 fully saturated rings. The van der Waals surface area contributed by atoms with E-state index in [1.165, 1.54) is 4.90 Å². The number of carbonyl (C=O) groups excluding carboxylic acids is 4. The quantitative estimate of drug-likeness (QED) is 0.123. The first-order valence-electron chi connectivity index (χ1n) is 17.4. The Balaban J connectivity index is 1.34. The number of likely N-dealkylation sites (tertiary alicyclic amines) is 1. The van der Waals surface area contributed by atoms with Gasteiger partial charge in [0.1, 0.15) is 17.7 Å². The van der Waals surface area contributed by atoms with Crippen molar-refractivity contribution in [2.45, 2.75) is 67.3 Å². The molecule has 8 atom stereocenters. The van der Waals surface area contributed by atoms with E-state index in [1.54, 1.807) is 24.0 Å². The molecule has 3 heterocycles. The van der Waals surface area contributed by atoms with Crippen LogP contribution < -0.4 is 10.2 Å². The van der Waals surface area contributed by atoms with Gasteiger partial charge in [-0.15, -0.1) is 13.2 Å². The van der Waals surface area contributed by atoms with Crippen LogP contribution in [0.5, 0.6) is 0 Å². The molecule has 0 saturated carbocycles. The number of aliphatic hydroxyl groups excluding tert-OH is 1. The summed E-state index contributed by atoms with van der Waals surface area (Å²) in [7, 11) is 0. The predicted octanol–water partition coefficient (Wildman–Crippen LogP) is 5.24. The standard InChI is InChI=1S/C40H44BrN3O7/c1-4-6-17-31(46)42-25(3)34(27-14-8-7-9-15-27)50-39(49)32-33-37(47)44(21-12-22-45)36(40(33)24-30(41)35(32)51-40)38(48)43(20-5-2)29-19-18-26-13-10-11-16-28(26)23-29/h4-5,7-11,13-16,18-19,23,25,30,32-36,45H,1-2,6,12,17,20-22,24H2,3H3,(H,42,46)/t25-,30?,32-,33+,34-,35-,36-,40+/m1/s1. The third-order valence-corrected chi connectivity index (χ3v) is 11.1. The first-order valence-corrected chi connectivity index (χ1v) is 18.4. The molecular weight excluding hydrogens is 714 g/mol. The van der Waals surface area contributed by atoms with Gasteiger partial charge in [-0.25, -0.2) is 0 Å². The molecule has 0 radical (unpaired) electrons. The van der Waals surface area contributed by atoms with Gasteiger partial charge < -0.3 is 29.7 Å². The normalized spacial score (nSPS) is 26.0. The highest BCUT2D eigenvalue weighted by Gasteiger charge is 2.77. The number of hydrogen-bond donors (Lipinski definition) is 2. The third kappa shape index (κ3) is 6.86. The lowest BCUT2D eigenvalue weighted by Crippen LogP contribution is -2.57. The number of ether oxygens (including phenoxy) is 2. The van der Waals surface area contributed by atoms with Crippen LogP contribution in [0.15, 0.2) is 98.1 Å². The average molecular weight is 759 g/mol. The highest BCUT2D eigenvalue weighted by molar-refractivity contribution is 9.09. The van der Waals surface area contributed by atoms with Gasteiger partial charge in [0.2, 0.25) is 11.8 Å². The van der Waals surface area contributed by atoms with E-state index < -0.39 is 47.7 Å². The van der Waals surface area contributed by atoms with Crippen molar-refractivity contribution < 1.29 is 33.8 Å². The van der Waals surface area contributed by atoms with Gasteiger partial charge in [-0.3, -0.25) is 19.2 Å². The number of fused-ring (bicyclic) bond motifs is 2. The number of anilines is 1. The van der Waals surface area contributed by atoms with E-state index in [2.05, 4.69) is 34.4 Å². The fraction of sp³-hybridized carbons (Fsp3) is 0.400. The molecule has 2 bridgehead atoms. The van der Waals surface area contributed by atoms with Gasteiger partial charge in [-0.2, -0.15) is 0 Å². The minimum atomic E-state index is -1.32. The SMILES string of the molecule is C=CCCC(=O)N[C@H](C)[C@@H](OC(=O)[C@H]1[C@@H]2O[C@@]3(CC2Br)[C@@H]1C(=O)N(CCCO)[C@@H]3C(=O)N(CC=C)c1ccc2ccccc2c1)c1ccccc1. The highest BCUT2D eigenvalue weighted by atomic mass is 79.9. The number of alkyl halides is 1. The van der Waals surface area contributed by atoms with E-state index in [9.17, 15) is 24.3 Å². The van der Waals surface area contributed by atoms with E-state index in [-0.39, 0.29) is 55.1 Å². The number of aliphatic hydroxyl groups is 1. The van der Waals surface area contributed by atoms with Gasteiger partial charge in [0, 0.05) is 36.6 Å². The maximum absolute atomic E-state index is 14.9. The third-order valence-electron chi connectivity index (χ3n) is 10.3. The zero-order valence-electron chi connectivity index (χ0n) is 28.7. The second-order valence-electron chi connectivity index (χ2n) is 13.5. The van der Waals surface area contributed by atoms with Crippen molar-refractivity contribution in [3.05, 3.63) is 104 Å². The average Bonchev–Trinajstić information content (AvgIpc) is 3.73. The lowest BCUT2D eigenvalue weighted by Gasteiger charge is -2.37. The molecule has 3 aliphatic heterocycles. The van der Waals surface area contributed by atoms with Crippen LogP contribution in [0.2, 0.25) is 0 Å². The number of allylic oxidation sites excluding steroid dienone is 1. The van der Waals surface area contributed by atoms with Gasteiger partial charge in [0.15, 0.2) is 0 Å². The zero-order valence-corrected chi connectivity index (χ0v) is 30.2. The van der Waals surface area contributed by atoms with Crippen LogP contribution in [-0.4, -0.2) is 82.0 Å². The summed E-state index contributed by atoms with van der Waals surface area (Å²) in [6, 6.07) is 21.1. The molecule has 1 spiro atoms. The van der Waals surface area contributed by atoms with Crippen LogP contribution in [0.3, 0.4) is 0 Å². The summed E-state index contributed by atoms with van der Waals surface area (Å²) in [5, 5.41) is 14.7. The molecule has 3 aliphatic rings. The summed E-state index contributed by atoms with van der Waals surface area (Å²) < 4.78 is 13.0. The molecule has 10 nitrogen and oxygen atoms in total. The molecule has 3 amide bonds. The van der Waals surface area contributed by atoms with E-state index >= 15 is 0 Å². The van der Waals surface area contributed by atoms with Crippen LogP contribution in [0.25, 0.3) is 10.8 Å². The van der Waals surface area contributed by atoms with E-state index in [4.69, 9.17) is 9.47 Å². The van der Waals surface area contributed by atoms with Crippen molar-refractivity contribution in [2.24, 2.45) is 11.8 Å². The Bertz CT molecular complexity index is 1800. The maximum atomic E-state index is 14.9. The molecule has 3 saturated heterocycles. The molecule has 51 heavy (non-hydrogen) atoms. The molecule has 1 unspecified atom stereocenters. The second kappa shape index (κ2) is 15.5. The fourth-order valence-corrected chi connectivity index (χ4v) is 8.99. The van der Waals surface area contributed by atoms with Crippen LogP contribution in [0.1, 0.15) is 44.3 Å². The monoisotopic (exact) mass is 757 g/mol. The number of carbonyl (C=O) groups is 4. The Morgan fingerprint density at radius 1 is 1.10 bits per heavy atom. The zero-order chi connectivity index (χ0) is 36.3. The number of esters is 1. The van der Waals surface area contributed by atoms with Crippen LogP contribution in [0.4, 0.5) is 5.69 Å². The molecule has 0 aliphatic carbocycles. The Kier molecular flexibility index (Phi) is 11.1. The Morgan fingerprint density at radius 2 is 1.82 bits per heavy atom. The van der Waals surface area contributed by atoms with Gasteiger partial charge in [-0.05, 0) is 54.7 Å². The number of hydrogen-bond acceptors (Lipinski definition) is 7. The van der Waals surface area contributed by atoms with Crippen LogP contribution >= 0.6 is 15.9 Å². The van der Waals surface area contributed by atoms with Crippen LogP contribution in [-0.2, 0) is 28.7 Å². The van der Waals surface area contributed by atoms with Gasteiger partial charge >= 0.3 is 5.97 Å². The molecule has 3 aromatic carbocycles. The molecule has 2 N–H and O–H groups in total. The minimum absolute atomic E-state index is 0.104. The summed E-state index contributed by atoms with van der Waals surface area (Å²) in [5.74, 6) is -3.60. The van der Waals surface area contributed by atoms with Crippen LogP contribution in [0, 0.1) is 11.8 Å². The van der Waals surface area contributed by atoms with Gasteiger partial charge in [0.05, 0.1) is 24.0 Å². The second-order valence-corrected chi connectivity index (χ2v) is 14.7. The van der Waals surface area contributed by atoms with Crippen molar-refractivity contribution in [3.8, 4) is 0 Å². The number of halogens is 1. The Morgan fingerprint density at radius 3 is 2.53 bits per heavy atom. The summed E-state index contributed by atoms with van der Waals surface area (Å²) in [6.07, 6.45) is 3.03. The summed E-state index contributed by atoms with van der Waals surface area (Å²) in [4.78, 5) is 59.3. The molecule has 268 valence electrons. The number of nitrogens with zero attached hydrogens (tertiary/aromatic N) is 2. The molecular formula is C40H44BrN3O7. The summed E-state index contributed by atoms with van der Waals surface area (Å²) >= 11 is 3.73. The lowest BCUT2D eigenvalue weighted by atomic mass is 9.70. The topological polar surface area (TPSA) is 125 Å². The molecule has 11 heteroatoms. The summed E-state index contributed by atoms with van der Waals surface area (Å²) in [6.45, 7) is 9.45. The number of rotatable bonds is 15. The fourth-order valence-electron chi connectivity index (χ4n) is 8.04. The largest absolute Gasteiger partial charge is 0.455 e. The van der Waals surface area contributed by atoms with Crippen molar-refractivity contribution >= 4 is 56.1 Å². The van der Waals surface area contributed by atoms with E-state index in [0.29, 0.717) is 24.1 Å². The van der Waals surface area contributed by atoms with E-state index in [1.807, 2.05) is 72.8 Å². The lowest BCUT2D eigenvalue weighted by molar-refractivity contribution is -0.162. The number of amides is 3. The minimum Gasteiger partial charge on any atom is -0.455 e. The predicted molar refractivity (Wildman–Crippen MR) is 198 cm³/mol. The Hall–Kier alpha value is -4.32. The first-order chi connectivity index (χ1) is 24.6. The first kappa shape index (κ1) is 36.5. The van der Waals surface area contributed by atoms with Crippen molar-refractivity contribution in [3.63, 3.8) is 0 Å². The highest BCUT2D eigenvalue weighted by Crippen LogP contribution is 2.60. The van der Waals surface area contributed by atoms with Gasteiger partial charge in [0.25, 0.3) is 5.91 Å². The van der Waals surface area contributed by atoms with Crippen molar-refractivity contribution in [1.82, 2.24) is 10.2 Å². The molecule has 6 rings (SSSR count). The smallest absolute Gasteiger partial charge is 0.313 e. The molecule has 3 aromatic rings.